The quantitative estimate of drug-likeness (QED) is 0.412. The normalized spacial score (nSPS) is 20.1. The van der Waals surface area contributed by atoms with Crippen molar-refractivity contribution >= 4 is 34.6 Å². The molecule has 0 saturated carbocycles. The van der Waals surface area contributed by atoms with Crippen LogP contribution in [0.25, 0.3) is 0 Å². The molecule has 1 fully saturated rings. The first-order chi connectivity index (χ1) is 14.4. The van der Waals surface area contributed by atoms with Crippen molar-refractivity contribution in [1.82, 2.24) is 4.90 Å². The third-order valence-corrected chi connectivity index (χ3v) is 5.46. The largest absolute Gasteiger partial charge is 0.487 e. The second-order valence-corrected chi connectivity index (χ2v) is 7.70. The molecule has 2 aliphatic heterocycles. The fourth-order valence-electron chi connectivity index (χ4n) is 3.56. The number of benzene rings is 2. The summed E-state index contributed by atoms with van der Waals surface area (Å²) in [7, 11) is 0. The minimum atomic E-state index is -0.498. The highest BCUT2D eigenvalue weighted by Gasteiger charge is 2.36. The van der Waals surface area contributed by atoms with E-state index < -0.39 is 4.92 Å². The van der Waals surface area contributed by atoms with Crippen LogP contribution >= 0.6 is 23.2 Å². The Hall–Kier alpha value is -2.52. The summed E-state index contributed by atoms with van der Waals surface area (Å²) in [6.45, 7) is 2.81. The minimum Gasteiger partial charge on any atom is -0.487 e. The van der Waals surface area contributed by atoms with Crippen LogP contribution in [-0.4, -0.2) is 42.7 Å². The zero-order valence-electron chi connectivity index (χ0n) is 15.8. The molecule has 1 saturated heterocycles. The van der Waals surface area contributed by atoms with Crippen molar-refractivity contribution in [2.45, 2.75) is 6.04 Å². The van der Waals surface area contributed by atoms with Crippen LogP contribution in [0, 0.1) is 10.1 Å². The molecule has 0 aliphatic carbocycles. The van der Waals surface area contributed by atoms with Crippen LogP contribution in [0.3, 0.4) is 0 Å². The van der Waals surface area contributed by atoms with Crippen molar-refractivity contribution < 1.29 is 19.1 Å². The summed E-state index contributed by atoms with van der Waals surface area (Å²) in [5.74, 6) is 1.46. The van der Waals surface area contributed by atoms with Crippen molar-refractivity contribution in [3.8, 4) is 11.5 Å². The first kappa shape index (κ1) is 20.7. The summed E-state index contributed by atoms with van der Waals surface area (Å²) in [6, 6.07) is 7.39. The highest BCUT2D eigenvalue weighted by Crippen LogP contribution is 2.48. The SMILES string of the molecule is Nc1ccc([N+](=O)[O-])cc1OCC=C1Oc2c(Cl)cc(Cl)cc2C1N1CCOCC1. The van der Waals surface area contributed by atoms with E-state index in [1.165, 1.54) is 18.2 Å². The number of non-ortho nitro benzene ring substituents is 1. The third-order valence-electron chi connectivity index (χ3n) is 4.96. The maximum absolute atomic E-state index is 11.0. The zero-order valence-corrected chi connectivity index (χ0v) is 17.4. The van der Waals surface area contributed by atoms with Gasteiger partial charge >= 0.3 is 0 Å². The van der Waals surface area contributed by atoms with Gasteiger partial charge in [0.15, 0.2) is 5.75 Å². The molecule has 0 bridgehead atoms. The molecule has 4 rings (SSSR count). The number of nitro benzene ring substituents is 1. The van der Waals surface area contributed by atoms with E-state index in [1.54, 1.807) is 12.1 Å². The molecule has 2 aliphatic rings. The lowest BCUT2D eigenvalue weighted by Gasteiger charge is -2.32. The molecule has 2 heterocycles. The number of nitrogens with zero attached hydrogens (tertiary/aromatic N) is 2. The van der Waals surface area contributed by atoms with Gasteiger partial charge in [-0.2, -0.15) is 0 Å². The smallest absolute Gasteiger partial charge is 0.273 e. The van der Waals surface area contributed by atoms with Gasteiger partial charge in [0.25, 0.3) is 5.69 Å². The van der Waals surface area contributed by atoms with Gasteiger partial charge in [0, 0.05) is 29.7 Å². The number of anilines is 1. The summed E-state index contributed by atoms with van der Waals surface area (Å²) in [5, 5.41) is 12.0. The van der Waals surface area contributed by atoms with Gasteiger partial charge in [-0.3, -0.25) is 15.0 Å². The van der Waals surface area contributed by atoms with Crippen LogP contribution in [0.5, 0.6) is 11.5 Å². The van der Waals surface area contributed by atoms with Crippen molar-refractivity contribution in [3.05, 3.63) is 67.9 Å². The second-order valence-electron chi connectivity index (χ2n) is 6.86. The Balaban J connectivity index is 1.59. The highest BCUT2D eigenvalue weighted by molar-refractivity contribution is 6.35. The molecule has 1 atom stereocenters. The van der Waals surface area contributed by atoms with Crippen LogP contribution in [-0.2, 0) is 4.74 Å². The number of nitrogen functional groups attached to an aromatic ring is 1. The number of fused-ring (bicyclic) bond motifs is 1. The Morgan fingerprint density at radius 2 is 2.03 bits per heavy atom. The molecule has 0 aromatic heterocycles. The number of nitrogens with two attached hydrogens (primary N) is 1. The Bertz CT molecular complexity index is 1010. The molecular formula is C20H19Cl2N3O5. The molecule has 8 nitrogen and oxygen atoms in total. The summed E-state index contributed by atoms with van der Waals surface area (Å²) in [4.78, 5) is 12.7. The van der Waals surface area contributed by atoms with Gasteiger partial charge in [-0.25, -0.2) is 0 Å². The van der Waals surface area contributed by atoms with E-state index in [9.17, 15) is 10.1 Å². The van der Waals surface area contributed by atoms with Crippen LogP contribution < -0.4 is 15.2 Å². The van der Waals surface area contributed by atoms with Crippen LogP contribution in [0.1, 0.15) is 11.6 Å². The maximum atomic E-state index is 11.0. The molecule has 0 spiro atoms. The summed E-state index contributed by atoms with van der Waals surface area (Å²) in [6.07, 6.45) is 1.78. The molecule has 2 N–H and O–H groups in total. The van der Waals surface area contributed by atoms with Gasteiger partial charge in [0.2, 0.25) is 0 Å². The predicted octanol–water partition coefficient (Wildman–Crippen LogP) is 4.21. The first-order valence-electron chi connectivity index (χ1n) is 9.29. The second kappa shape index (κ2) is 8.69. The van der Waals surface area contributed by atoms with Crippen LogP contribution in [0.4, 0.5) is 11.4 Å². The van der Waals surface area contributed by atoms with E-state index in [0.29, 0.717) is 40.5 Å². The number of rotatable bonds is 5. The maximum Gasteiger partial charge on any atom is 0.273 e. The molecule has 2 aromatic carbocycles. The summed E-state index contributed by atoms with van der Waals surface area (Å²) < 4.78 is 17.2. The number of hydrogen-bond acceptors (Lipinski definition) is 7. The standard InChI is InChI=1S/C20H19Cl2N3O5/c21-12-9-14-19(24-4-7-28-8-5-24)17(30-20(14)15(22)10-12)3-6-29-18-11-13(25(26)27)1-2-16(18)23/h1-3,9-11,19H,4-8,23H2. The van der Waals surface area contributed by atoms with Gasteiger partial charge in [0.1, 0.15) is 18.1 Å². The third kappa shape index (κ3) is 4.17. The fraction of sp³-hybridized carbons (Fsp3) is 0.300. The molecule has 158 valence electrons. The van der Waals surface area contributed by atoms with E-state index in [1.807, 2.05) is 6.07 Å². The molecule has 2 aromatic rings. The van der Waals surface area contributed by atoms with Gasteiger partial charge in [0.05, 0.1) is 41.0 Å². The summed E-state index contributed by atoms with van der Waals surface area (Å²) in [5.41, 5.74) is 6.98. The zero-order chi connectivity index (χ0) is 21.3. The van der Waals surface area contributed by atoms with E-state index in [0.717, 1.165) is 18.7 Å². The van der Waals surface area contributed by atoms with E-state index in [2.05, 4.69) is 4.90 Å². The Kier molecular flexibility index (Phi) is 6.01. The molecular weight excluding hydrogens is 433 g/mol. The van der Waals surface area contributed by atoms with E-state index >= 15 is 0 Å². The van der Waals surface area contributed by atoms with Crippen molar-refractivity contribution in [3.63, 3.8) is 0 Å². The molecule has 0 amide bonds. The number of morpholine rings is 1. The van der Waals surface area contributed by atoms with Gasteiger partial charge in [-0.1, -0.05) is 23.2 Å². The summed E-state index contributed by atoms with van der Waals surface area (Å²) >= 11 is 12.6. The van der Waals surface area contributed by atoms with Gasteiger partial charge in [-0.15, -0.1) is 0 Å². The van der Waals surface area contributed by atoms with E-state index in [-0.39, 0.29) is 24.1 Å². The average molecular weight is 452 g/mol. The monoisotopic (exact) mass is 451 g/mol. The van der Waals surface area contributed by atoms with Gasteiger partial charge < -0.3 is 19.9 Å². The Morgan fingerprint density at radius 3 is 2.77 bits per heavy atom. The number of nitro groups is 1. The minimum absolute atomic E-state index is 0.0935. The van der Waals surface area contributed by atoms with Crippen molar-refractivity contribution in [2.75, 3.05) is 38.6 Å². The van der Waals surface area contributed by atoms with E-state index in [4.69, 9.17) is 43.1 Å². The number of ether oxygens (including phenoxy) is 3. The Morgan fingerprint density at radius 1 is 1.27 bits per heavy atom. The lowest BCUT2D eigenvalue weighted by atomic mass is 10.0. The van der Waals surface area contributed by atoms with Crippen molar-refractivity contribution in [1.29, 1.82) is 0 Å². The lowest BCUT2D eigenvalue weighted by molar-refractivity contribution is -0.384. The van der Waals surface area contributed by atoms with Crippen LogP contribution in [0.15, 0.2) is 42.2 Å². The molecule has 30 heavy (non-hydrogen) atoms. The fourth-order valence-corrected chi connectivity index (χ4v) is 4.11. The highest BCUT2D eigenvalue weighted by atomic mass is 35.5. The first-order valence-corrected chi connectivity index (χ1v) is 10.0. The van der Waals surface area contributed by atoms with Crippen molar-refractivity contribution in [2.24, 2.45) is 0 Å². The lowest BCUT2D eigenvalue weighted by Crippen LogP contribution is -2.39. The number of halogens is 2. The molecule has 1 unspecified atom stereocenters. The Labute approximate surface area is 182 Å². The molecule has 0 radical (unpaired) electrons. The average Bonchev–Trinajstić information content (AvgIpc) is 3.08. The predicted molar refractivity (Wildman–Crippen MR) is 113 cm³/mol. The number of hydrogen-bond donors (Lipinski definition) is 1. The topological polar surface area (TPSA) is 100 Å². The van der Waals surface area contributed by atoms with Gasteiger partial charge in [-0.05, 0) is 24.3 Å². The molecule has 10 heteroatoms. The van der Waals surface area contributed by atoms with Crippen LogP contribution in [0.2, 0.25) is 10.0 Å².